The minimum absolute atomic E-state index is 0.0607. The van der Waals surface area contributed by atoms with E-state index in [-0.39, 0.29) is 12.4 Å². The maximum atomic E-state index is 12.9. The molecule has 4 nitrogen and oxygen atoms in total. The normalized spacial score (nSPS) is 11.9. The molecule has 0 saturated heterocycles. The van der Waals surface area contributed by atoms with Crippen molar-refractivity contribution >= 4 is 22.8 Å². The van der Waals surface area contributed by atoms with Gasteiger partial charge in [-0.1, -0.05) is 59.8 Å². The Labute approximate surface area is 185 Å². The van der Waals surface area contributed by atoms with E-state index in [1.54, 1.807) is 11.3 Å². The fourth-order valence-electron chi connectivity index (χ4n) is 4.21. The lowest BCUT2D eigenvalue weighted by Crippen LogP contribution is -2.10. The molecule has 154 valence electrons. The van der Waals surface area contributed by atoms with E-state index in [2.05, 4.69) is 33.3 Å². The highest BCUT2D eigenvalue weighted by Crippen LogP contribution is 2.36. The van der Waals surface area contributed by atoms with Gasteiger partial charge in [-0.15, -0.1) is 11.3 Å². The molecule has 2 aromatic heterocycles. The Balaban J connectivity index is 1.36. The van der Waals surface area contributed by atoms with Crippen molar-refractivity contribution in [3.8, 4) is 11.1 Å². The van der Waals surface area contributed by atoms with E-state index in [1.807, 2.05) is 62.4 Å². The number of carbonyl (C=O) groups excluding carboxylic acids is 1. The summed E-state index contributed by atoms with van der Waals surface area (Å²) in [5.41, 5.74) is 7.86. The molecule has 2 aromatic carbocycles. The zero-order valence-corrected chi connectivity index (χ0v) is 18.3. The van der Waals surface area contributed by atoms with Crippen LogP contribution in [0.1, 0.15) is 37.7 Å². The van der Waals surface area contributed by atoms with Gasteiger partial charge in [-0.2, -0.15) is 0 Å². The van der Waals surface area contributed by atoms with Crippen LogP contribution < -0.4 is 0 Å². The summed E-state index contributed by atoms with van der Waals surface area (Å²) in [5.74, 6) is -0.0607. The van der Waals surface area contributed by atoms with Crippen molar-refractivity contribution in [2.45, 2.75) is 20.4 Å². The third-order valence-electron chi connectivity index (χ3n) is 5.77. The number of oxime groups is 1. The molecule has 0 saturated carbocycles. The number of carbonyl (C=O) groups is 1. The second-order valence-electron chi connectivity index (χ2n) is 7.68. The molecule has 0 radical (unpaired) electrons. The lowest BCUT2D eigenvalue weighted by molar-refractivity contribution is 0.0776. The number of thiophene rings is 1. The van der Waals surface area contributed by atoms with Crippen LogP contribution in [0.3, 0.4) is 0 Å². The molecule has 1 aliphatic rings. The number of aromatic nitrogens is 1. The van der Waals surface area contributed by atoms with Crippen LogP contribution in [0.2, 0.25) is 0 Å². The number of nitrogens with zero attached hydrogens (tertiary/aromatic N) is 2. The average Bonchev–Trinajstić information content (AvgIpc) is 3.48. The smallest absolute Gasteiger partial charge is 0.204 e. The van der Waals surface area contributed by atoms with Crippen molar-refractivity contribution in [3.63, 3.8) is 0 Å². The minimum Gasteiger partial charge on any atom is -0.387 e. The monoisotopic (exact) mass is 426 g/mol. The third-order valence-corrected chi connectivity index (χ3v) is 6.64. The van der Waals surface area contributed by atoms with Crippen LogP contribution in [0.5, 0.6) is 0 Å². The third kappa shape index (κ3) is 3.51. The number of aryl methyl sites for hydroxylation is 1. The van der Waals surface area contributed by atoms with E-state index in [0.29, 0.717) is 5.56 Å². The van der Waals surface area contributed by atoms with Gasteiger partial charge in [0.25, 0.3) is 0 Å². The van der Waals surface area contributed by atoms with Crippen LogP contribution in [0.25, 0.3) is 11.1 Å². The Morgan fingerprint density at radius 1 is 0.935 bits per heavy atom. The largest absolute Gasteiger partial charge is 0.387 e. The van der Waals surface area contributed by atoms with Crippen molar-refractivity contribution in [3.05, 3.63) is 105 Å². The fourth-order valence-corrected chi connectivity index (χ4v) is 4.90. The molecule has 0 N–H and O–H groups in total. The first-order valence-electron chi connectivity index (χ1n) is 10.2. The Bertz CT molecular complexity index is 1250. The summed E-state index contributed by atoms with van der Waals surface area (Å²) in [6, 6.07) is 22.4. The van der Waals surface area contributed by atoms with Gasteiger partial charge < -0.3 is 9.40 Å². The highest BCUT2D eigenvalue weighted by atomic mass is 32.1. The molecular formula is C26H22N2O2S. The number of hydrogen-bond acceptors (Lipinski definition) is 4. The first kappa shape index (κ1) is 19.5. The zero-order valence-electron chi connectivity index (χ0n) is 17.5. The predicted molar refractivity (Wildman–Crippen MR) is 125 cm³/mol. The van der Waals surface area contributed by atoms with Gasteiger partial charge in [0.2, 0.25) is 5.78 Å². The van der Waals surface area contributed by atoms with E-state index < -0.39 is 0 Å². The molecule has 31 heavy (non-hydrogen) atoms. The summed E-state index contributed by atoms with van der Waals surface area (Å²) in [5, 5.41) is 6.45. The van der Waals surface area contributed by atoms with Gasteiger partial charge in [0.1, 0.15) is 5.71 Å². The molecule has 0 amide bonds. The molecule has 5 rings (SSSR count). The van der Waals surface area contributed by atoms with Crippen molar-refractivity contribution in [2.24, 2.45) is 5.16 Å². The SMILES string of the molecule is Cc1cc(C(=O)CON=C2c3ccccc3-c3ccccc32)c(C)n1Cc1cccs1. The fraction of sp³-hybridized carbons (Fsp3) is 0.154. The molecule has 0 unspecified atom stereocenters. The highest BCUT2D eigenvalue weighted by Gasteiger charge is 2.25. The number of rotatable bonds is 6. The molecule has 0 fully saturated rings. The van der Waals surface area contributed by atoms with Crippen LogP contribution in [0, 0.1) is 13.8 Å². The number of Topliss-reactive ketones (excluding diaryl/α,β-unsaturated/α-hetero) is 1. The topological polar surface area (TPSA) is 43.6 Å². The van der Waals surface area contributed by atoms with Crippen LogP contribution in [0.4, 0.5) is 0 Å². The number of ketones is 1. The Kier molecular flexibility index (Phi) is 5.04. The first-order chi connectivity index (χ1) is 15.1. The summed E-state index contributed by atoms with van der Waals surface area (Å²) in [6.45, 7) is 4.71. The van der Waals surface area contributed by atoms with Gasteiger partial charge in [-0.3, -0.25) is 4.79 Å². The predicted octanol–water partition coefficient (Wildman–Crippen LogP) is 5.85. The first-order valence-corrected chi connectivity index (χ1v) is 11.1. The van der Waals surface area contributed by atoms with Crippen LogP contribution in [-0.2, 0) is 11.4 Å². The Hall–Kier alpha value is -3.44. The van der Waals surface area contributed by atoms with Crippen LogP contribution in [-0.4, -0.2) is 22.7 Å². The molecule has 4 aromatic rings. The van der Waals surface area contributed by atoms with Crippen LogP contribution in [0.15, 0.2) is 77.3 Å². The maximum Gasteiger partial charge on any atom is 0.204 e. The molecule has 1 aliphatic carbocycles. The lowest BCUT2D eigenvalue weighted by Gasteiger charge is -2.08. The van der Waals surface area contributed by atoms with E-state index in [1.165, 1.54) is 4.88 Å². The molecule has 0 spiro atoms. The van der Waals surface area contributed by atoms with Gasteiger partial charge >= 0.3 is 0 Å². The van der Waals surface area contributed by atoms with Gasteiger partial charge in [-0.05, 0) is 42.5 Å². The summed E-state index contributed by atoms with van der Waals surface area (Å²) in [4.78, 5) is 19.7. The molecule has 0 bridgehead atoms. The number of hydrogen-bond donors (Lipinski definition) is 0. The molecule has 0 aliphatic heterocycles. The van der Waals surface area contributed by atoms with Gasteiger partial charge in [0, 0.05) is 33.0 Å². The van der Waals surface area contributed by atoms with Crippen molar-refractivity contribution in [1.82, 2.24) is 4.57 Å². The molecule has 0 atom stereocenters. The van der Waals surface area contributed by atoms with Crippen molar-refractivity contribution in [2.75, 3.05) is 6.61 Å². The molecule has 2 heterocycles. The maximum absolute atomic E-state index is 12.9. The zero-order chi connectivity index (χ0) is 21.4. The Morgan fingerprint density at radius 3 is 2.19 bits per heavy atom. The highest BCUT2D eigenvalue weighted by molar-refractivity contribution is 7.09. The second-order valence-corrected chi connectivity index (χ2v) is 8.71. The lowest BCUT2D eigenvalue weighted by atomic mass is 10.1. The van der Waals surface area contributed by atoms with E-state index >= 15 is 0 Å². The van der Waals surface area contributed by atoms with Gasteiger partial charge in [-0.25, -0.2) is 0 Å². The van der Waals surface area contributed by atoms with Crippen molar-refractivity contribution < 1.29 is 9.63 Å². The summed E-state index contributed by atoms with van der Waals surface area (Å²) >= 11 is 1.72. The van der Waals surface area contributed by atoms with Gasteiger partial charge in [0.15, 0.2) is 6.61 Å². The molecular weight excluding hydrogens is 404 g/mol. The van der Waals surface area contributed by atoms with Gasteiger partial charge in [0.05, 0.1) is 6.54 Å². The average molecular weight is 427 g/mol. The molecule has 5 heteroatoms. The minimum atomic E-state index is -0.0862. The van der Waals surface area contributed by atoms with E-state index in [0.717, 1.165) is 45.9 Å². The van der Waals surface area contributed by atoms with Crippen LogP contribution >= 0.6 is 11.3 Å². The van der Waals surface area contributed by atoms with E-state index in [4.69, 9.17) is 4.84 Å². The van der Waals surface area contributed by atoms with E-state index in [9.17, 15) is 4.79 Å². The second kappa shape index (κ2) is 8.00. The standard InChI is InChI=1S/C26H22N2O2S/c1-17-14-24(18(2)28(17)15-19-8-7-13-31-19)25(29)16-30-27-26-22-11-5-3-9-20(22)21-10-4-6-12-23(21)26/h3-14H,15-16H2,1-2H3. The Morgan fingerprint density at radius 2 is 1.58 bits per heavy atom. The summed E-state index contributed by atoms with van der Waals surface area (Å²) in [6.07, 6.45) is 0. The quantitative estimate of drug-likeness (QED) is 0.253. The number of fused-ring (bicyclic) bond motifs is 3. The summed E-state index contributed by atoms with van der Waals surface area (Å²) < 4.78 is 2.18. The summed E-state index contributed by atoms with van der Waals surface area (Å²) in [7, 11) is 0. The van der Waals surface area contributed by atoms with Crippen molar-refractivity contribution in [1.29, 1.82) is 0 Å². The number of benzene rings is 2.